The van der Waals surface area contributed by atoms with Gasteiger partial charge in [-0.1, -0.05) is 6.07 Å². The van der Waals surface area contributed by atoms with Crippen LogP contribution in [-0.4, -0.2) is 29.9 Å². The lowest BCUT2D eigenvalue weighted by molar-refractivity contribution is 1.25. The third kappa shape index (κ3) is 3.63. The minimum atomic E-state index is 0.855. The molecule has 0 aliphatic carbocycles. The zero-order valence-electron chi connectivity index (χ0n) is 20.3. The highest BCUT2D eigenvalue weighted by atomic mass is 32.1. The summed E-state index contributed by atoms with van der Waals surface area (Å²) in [4.78, 5) is 28.3. The Kier molecular flexibility index (Phi) is 4.97. The van der Waals surface area contributed by atoms with Crippen molar-refractivity contribution in [1.82, 2.24) is 29.9 Å². The molecule has 2 N–H and O–H groups in total. The topological polar surface area (TPSA) is 83.1 Å². The molecule has 178 valence electrons. The fraction of sp³-hybridized carbons (Fsp3) is 0.0667. The van der Waals surface area contributed by atoms with E-state index >= 15 is 0 Å². The van der Waals surface area contributed by atoms with Crippen molar-refractivity contribution in [1.29, 1.82) is 0 Å². The van der Waals surface area contributed by atoms with Crippen molar-refractivity contribution in [3.63, 3.8) is 0 Å². The molecule has 0 amide bonds. The van der Waals surface area contributed by atoms with E-state index in [0.717, 1.165) is 67.1 Å². The SMILES string of the molecule is Cc1ccc(-c2ccc(-c3ccc(-c4ccc(-c5ccc(C)s5)c5nccnc45)[nH]3)c3nccnc23)[nH]1. The van der Waals surface area contributed by atoms with Crippen LogP contribution in [0.2, 0.25) is 0 Å². The second-order valence-corrected chi connectivity index (χ2v) is 10.4. The zero-order valence-corrected chi connectivity index (χ0v) is 21.1. The Hall–Kier alpha value is -4.62. The summed E-state index contributed by atoms with van der Waals surface area (Å²) in [6.45, 7) is 4.17. The molecule has 7 heteroatoms. The average Bonchev–Trinajstić information content (AvgIpc) is 3.69. The molecule has 0 bridgehead atoms. The molecule has 0 saturated carbocycles. The number of H-pyrrole nitrogens is 2. The van der Waals surface area contributed by atoms with E-state index in [-0.39, 0.29) is 0 Å². The second kappa shape index (κ2) is 8.50. The van der Waals surface area contributed by atoms with E-state index in [1.54, 1.807) is 36.1 Å². The van der Waals surface area contributed by atoms with E-state index in [1.807, 2.05) is 6.92 Å². The molecule has 7 rings (SSSR count). The molecule has 0 spiro atoms. The lowest BCUT2D eigenvalue weighted by Gasteiger charge is -2.09. The molecular formula is C30H22N6S. The van der Waals surface area contributed by atoms with Crippen molar-refractivity contribution in [2.24, 2.45) is 0 Å². The molecule has 0 fully saturated rings. The van der Waals surface area contributed by atoms with Crippen LogP contribution >= 0.6 is 11.3 Å². The monoisotopic (exact) mass is 498 g/mol. The summed E-state index contributed by atoms with van der Waals surface area (Å²) in [5.74, 6) is 0. The van der Waals surface area contributed by atoms with Gasteiger partial charge in [0.1, 0.15) is 0 Å². The molecule has 5 heterocycles. The predicted molar refractivity (Wildman–Crippen MR) is 150 cm³/mol. The van der Waals surface area contributed by atoms with E-state index in [1.165, 1.54) is 9.75 Å². The lowest BCUT2D eigenvalue weighted by Crippen LogP contribution is -1.92. The summed E-state index contributed by atoms with van der Waals surface area (Å²) in [5.41, 5.74) is 11.8. The minimum absolute atomic E-state index is 0.855. The number of aromatic nitrogens is 6. The van der Waals surface area contributed by atoms with Gasteiger partial charge in [-0.15, -0.1) is 11.3 Å². The molecular weight excluding hydrogens is 476 g/mol. The summed E-state index contributed by atoms with van der Waals surface area (Å²) < 4.78 is 0. The third-order valence-corrected chi connectivity index (χ3v) is 7.68. The summed E-state index contributed by atoms with van der Waals surface area (Å²) in [7, 11) is 0. The van der Waals surface area contributed by atoms with Crippen molar-refractivity contribution < 1.29 is 0 Å². The molecule has 0 aliphatic heterocycles. The number of nitrogens with zero attached hydrogens (tertiary/aromatic N) is 4. The van der Waals surface area contributed by atoms with Crippen LogP contribution in [0.5, 0.6) is 0 Å². The van der Waals surface area contributed by atoms with Crippen LogP contribution in [0.1, 0.15) is 10.6 Å². The first kappa shape index (κ1) is 21.6. The molecule has 0 atom stereocenters. The Morgan fingerprint density at radius 2 is 0.946 bits per heavy atom. The van der Waals surface area contributed by atoms with Crippen LogP contribution < -0.4 is 0 Å². The summed E-state index contributed by atoms with van der Waals surface area (Å²) in [6, 6.07) is 21.1. The van der Waals surface area contributed by atoms with Crippen molar-refractivity contribution in [2.45, 2.75) is 13.8 Å². The van der Waals surface area contributed by atoms with Gasteiger partial charge in [0, 0.05) is 79.6 Å². The molecule has 7 aromatic rings. The molecule has 6 nitrogen and oxygen atoms in total. The van der Waals surface area contributed by atoms with Crippen molar-refractivity contribution >= 4 is 33.4 Å². The molecule has 0 aliphatic rings. The first-order chi connectivity index (χ1) is 18.2. The number of aryl methyl sites for hydroxylation is 2. The van der Waals surface area contributed by atoms with Crippen LogP contribution in [0.3, 0.4) is 0 Å². The Balaban J connectivity index is 1.35. The third-order valence-electron chi connectivity index (χ3n) is 6.64. The standard InChI is InChI=1S/C30H22N6S/c1-17-3-9-23(35-17)19-5-6-20(28-27(19)31-13-14-32-28)24-10-11-25(36-24)21-7-8-22(26-12-4-18(2)37-26)30-29(21)33-15-16-34-30/h3-16,35-36H,1-2H3. The number of hydrogen-bond donors (Lipinski definition) is 2. The van der Waals surface area contributed by atoms with Gasteiger partial charge >= 0.3 is 0 Å². The average molecular weight is 499 g/mol. The fourth-order valence-electron chi connectivity index (χ4n) is 4.91. The highest BCUT2D eigenvalue weighted by Crippen LogP contribution is 2.38. The Morgan fingerprint density at radius 3 is 1.41 bits per heavy atom. The van der Waals surface area contributed by atoms with Gasteiger partial charge in [-0.2, -0.15) is 0 Å². The molecule has 0 unspecified atom stereocenters. The van der Waals surface area contributed by atoms with E-state index in [9.17, 15) is 0 Å². The number of rotatable bonds is 4. The van der Waals surface area contributed by atoms with Crippen LogP contribution in [0.15, 0.2) is 85.5 Å². The van der Waals surface area contributed by atoms with E-state index in [4.69, 9.17) is 15.0 Å². The summed E-state index contributed by atoms with van der Waals surface area (Å²) >= 11 is 1.77. The maximum atomic E-state index is 4.73. The van der Waals surface area contributed by atoms with Gasteiger partial charge in [0.05, 0.1) is 22.1 Å². The second-order valence-electron chi connectivity index (χ2n) is 9.08. The first-order valence-corrected chi connectivity index (χ1v) is 12.9. The van der Waals surface area contributed by atoms with Gasteiger partial charge in [-0.05, 0) is 68.4 Å². The Bertz CT molecular complexity index is 1790. The van der Waals surface area contributed by atoms with Gasteiger partial charge in [0.15, 0.2) is 0 Å². The molecule has 0 saturated heterocycles. The van der Waals surface area contributed by atoms with E-state index < -0.39 is 0 Å². The quantitative estimate of drug-likeness (QED) is 0.262. The predicted octanol–water partition coefficient (Wildman–Crippen LogP) is 7.58. The normalized spacial score (nSPS) is 11.5. The molecule has 5 aromatic heterocycles. The highest BCUT2D eigenvalue weighted by molar-refractivity contribution is 7.15. The van der Waals surface area contributed by atoms with Crippen LogP contribution in [0.25, 0.3) is 66.3 Å². The van der Waals surface area contributed by atoms with Gasteiger partial charge in [0.25, 0.3) is 0 Å². The Labute approximate surface area is 217 Å². The number of aromatic amines is 2. The van der Waals surface area contributed by atoms with Crippen molar-refractivity contribution in [3.8, 4) is 44.2 Å². The maximum absolute atomic E-state index is 4.73. The summed E-state index contributed by atoms with van der Waals surface area (Å²) in [5, 5.41) is 0. The number of fused-ring (bicyclic) bond motifs is 2. The van der Waals surface area contributed by atoms with Crippen LogP contribution in [0, 0.1) is 13.8 Å². The van der Waals surface area contributed by atoms with Crippen molar-refractivity contribution in [2.75, 3.05) is 0 Å². The summed E-state index contributed by atoms with van der Waals surface area (Å²) in [6.07, 6.45) is 7.00. The van der Waals surface area contributed by atoms with Gasteiger partial charge in [0.2, 0.25) is 0 Å². The largest absolute Gasteiger partial charge is 0.359 e. The smallest absolute Gasteiger partial charge is 0.0986 e. The van der Waals surface area contributed by atoms with Gasteiger partial charge in [-0.3, -0.25) is 19.9 Å². The molecule has 2 aromatic carbocycles. The number of hydrogen-bond acceptors (Lipinski definition) is 5. The van der Waals surface area contributed by atoms with Gasteiger partial charge in [-0.25, -0.2) is 0 Å². The molecule has 0 radical (unpaired) electrons. The first-order valence-electron chi connectivity index (χ1n) is 12.1. The number of benzene rings is 2. The van der Waals surface area contributed by atoms with E-state index in [0.29, 0.717) is 0 Å². The maximum Gasteiger partial charge on any atom is 0.0986 e. The van der Waals surface area contributed by atoms with Crippen LogP contribution in [0.4, 0.5) is 0 Å². The fourth-order valence-corrected chi connectivity index (χ4v) is 5.81. The minimum Gasteiger partial charge on any atom is -0.359 e. The lowest BCUT2D eigenvalue weighted by atomic mass is 10.0. The highest BCUT2D eigenvalue weighted by Gasteiger charge is 2.17. The van der Waals surface area contributed by atoms with Crippen molar-refractivity contribution in [3.05, 3.63) is 96.0 Å². The van der Waals surface area contributed by atoms with Crippen LogP contribution in [-0.2, 0) is 0 Å². The Morgan fingerprint density at radius 1 is 0.486 bits per heavy atom. The zero-order chi connectivity index (χ0) is 24.9. The van der Waals surface area contributed by atoms with E-state index in [2.05, 4.69) is 82.5 Å². The number of nitrogens with one attached hydrogen (secondary N) is 2. The number of thiophene rings is 1. The van der Waals surface area contributed by atoms with Gasteiger partial charge < -0.3 is 9.97 Å². The molecule has 37 heavy (non-hydrogen) atoms.